The standard InChI is InChI=1S/C9H7BrClFO2/c1-14-8(13)3-5-2-6(12)4-7(11)9(5)10/h2,4H,3H2,1H3. The number of ether oxygens (including phenoxy) is 1. The molecule has 0 fully saturated rings. The summed E-state index contributed by atoms with van der Waals surface area (Å²) < 4.78 is 17.9. The van der Waals surface area contributed by atoms with E-state index in [9.17, 15) is 9.18 Å². The molecule has 1 aromatic rings. The van der Waals surface area contributed by atoms with Gasteiger partial charge in [-0.25, -0.2) is 4.39 Å². The average molecular weight is 282 g/mol. The molecule has 0 bridgehead atoms. The third-order valence-corrected chi connectivity index (χ3v) is 3.09. The highest BCUT2D eigenvalue weighted by molar-refractivity contribution is 9.10. The first-order valence-electron chi connectivity index (χ1n) is 3.75. The molecule has 1 aromatic carbocycles. The van der Waals surface area contributed by atoms with E-state index in [0.717, 1.165) is 0 Å². The van der Waals surface area contributed by atoms with Gasteiger partial charge in [0.2, 0.25) is 0 Å². The molecule has 5 heteroatoms. The van der Waals surface area contributed by atoms with Crippen LogP contribution in [0, 0.1) is 5.82 Å². The Labute approximate surface area is 94.1 Å². The maximum atomic E-state index is 12.9. The predicted octanol–water partition coefficient (Wildman–Crippen LogP) is 2.96. The van der Waals surface area contributed by atoms with Gasteiger partial charge in [-0.15, -0.1) is 0 Å². The van der Waals surface area contributed by atoms with Gasteiger partial charge in [-0.05, 0) is 33.6 Å². The van der Waals surface area contributed by atoms with Crippen molar-refractivity contribution in [1.82, 2.24) is 0 Å². The van der Waals surface area contributed by atoms with E-state index < -0.39 is 11.8 Å². The Kier molecular flexibility index (Phi) is 3.89. The fourth-order valence-corrected chi connectivity index (χ4v) is 1.56. The molecule has 0 amide bonds. The van der Waals surface area contributed by atoms with Gasteiger partial charge in [-0.2, -0.15) is 0 Å². The lowest BCUT2D eigenvalue weighted by atomic mass is 10.1. The second-order valence-corrected chi connectivity index (χ2v) is 3.81. The molecule has 0 aliphatic heterocycles. The Morgan fingerprint density at radius 2 is 2.29 bits per heavy atom. The minimum atomic E-state index is -0.475. The summed E-state index contributed by atoms with van der Waals surface area (Å²) >= 11 is 8.87. The van der Waals surface area contributed by atoms with E-state index in [2.05, 4.69) is 20.7 Å². The number of hydrogen-bond donors (Lipinski definition) is 0. The van der Waals surface area contributed by atoms with Crippen LogP contribution >= 0.6 is 27.5 Å². The number of halogens is 3. The number of rotatable bonds is 2. The average Bonchev–Trinajstić information content (AvgIpc) is 2.13. The third kappa shape index (κ3) is 2.69. The highest BCUT2D eigenvalue weighted by Crippen LogP contribution is 2.28. The molecule has 0 atom stereocenters. The first-order valence-corrected chi connectivity index (χ1v) is 4.92. The monoisotopic (exact) mass is 280 g/mol. The van der Waals surface area contributed by atoms with Crippen LogP contribution in [0.25, 0.3) is 0 Å². The summed E-state index contributed by atoms with van der Waals surface area (Å²) in [5.41, 5.74) is 0.474. The highest BCUT2D eigenvalue weighted by atomic mass is 79.9. The van der Waals surface area contributed by atoms with Crippen LogP contribution in [0.3, 0.4) is 0 Å². The molecule has 0 aliphatic rings. The van der Waals surface area contributed by atoms with Gasteiger partial charge >= 0.3 is 5.97 Å². The molecule has 0 unspecified atom stereocenters. The van der Waals surface area contributed by atoms with Gasteiger partial charge in [0.25, 0.3) is 0 Å². The van der Waals surface area contributed by atoms with Gasteiger partial charge in [0.1, 0.15) is 5.82 Å². The Hall–Kier alpha value is -0.610. The molecule has 0 saturated carbocycles. The van der Waals surface area contributed by atoms with Crippen LogP contribution in [-0.4, -0.2) is 13.1 Å². The number of carbonyl (C=O) groups excluding carboxylic acids is 1. The van der Waals surface area contributed by atoms with Gasteiger partial charge in [-0.3, -0.25) is 4.79 Å². The van der Waals surface area contributed by atoms with Crippen LogP contribution in [0.1, 0.15) is 5.56 Å². The zero-order valence-corrected chi connectivity index (χ0v) is 9.65. The smallest absolute Gasteiger partial charge is 0.310 e. The molecule has 0 aliphatic carbocycles. The summed E-state index contributed by atoms with van der Waals surface area (Å²) in [6.45, 7) is 0. The Bertz CT molecular complexity index is 368. The number of benzene rings is 1. The molecule has 1 rings (SSSR count). The molecule has 2 nitrogen and oxygen atoms in total. The molecular formula is C9H7BrClFO2. The second-order valence-electron chi connectivity index (χ2n) is 2.61. The summed E-state index contributed by atoms with van der Waals surface area (Å²) in [6, 6.07) is 2.42. The second kappa shape index (κ2) is 4.75. The lowest BCUT2D eigenvalue weighted by Gasteiger charge is -2.05. The maximum Gasteiger partial charge on any atom is 0.310 e. The fraction of sp³-hybridized carbons (Fsp3) is 0.222. The van der Waals surface area contributed by atoms with Gasteiger partial charge in [0.15, 0.2) is 0 Å². The number of esters is 1. The van der Waals surface area contributed by atoms with Crippen molar-refractivity contribution in [2.24, 2.45) is 0 Å². The molecule has 0 spiro atoms. The van der Waals surface area contributed by atoms with Crippen molar-refractivity contribution in [1.29, 1.82) is 0 Å². The summed E-state index contributed by atoms with van der Waals surface area (Å²) in [5, 5.41) is 0.240. The quantitative estimate of drug-likeness (QED) is 0.615. The van der Waals surface area contributed by atoms with Gasteiger partial charge in [0.05, 0.1) is 18.6 Å². The van der Waals surface area contributed by atoms with Crippen molar-refractivity contribution >= 4 is 33.5 Å². The Morgan fingerprint density at radius 1 is 1.64 bits per heavy atom. The van der Waals surface area contributed by atoms with E-state index in [-0.39, 0.29) is 11.4 Å². The van der Waals surface area contributed by atoms with Gasteiger partial charge < -0.3 is 4.74 Å². The van der Waals surface area contributed by atoms with E-state index in [0.29, 0.717) is 10.0 Å². The van der Waals surface area contributed by atoms with Crippen LogP contribution in [-0.2, 0) is 16.0 Å². The zero-order valence-electron chi connectivity index (χ0n) is 7.31. The van der Waals surface area contributed by atoms with Crippen molar-refractivity contribution in [3.8, 4) is 0 Å². The lowest BCUT2D eigenvalue weighted by molar-refractivity contribution is -0.139. The van der Waals surface area contributed by atoms with E-state index >= 15 is 0 Å². The van der Waals surface area contributed by atoms with Crippen molar-refractivity contribution < 1.29 is 13.9 Å². The summed E-state index contributed by atoms with van der Waals surface area (Å²) in [4.78, 5) is 10.9. The number of carbonyl (C=O) groups is 1. The lowest BCUT2D eigenvalue weighted by Crippen LogP contribution is -2.05. The van der Waals surface area contributed by atoms with Crippen molar-refractivity contribution in [3.05, 3.63) is 33.0 Å². The zero-order chi connectivity index (χ0) is 10.7. The Morgan fingerprint density at radius 3 is 2.86 bits per heavy atom. The van der Waals surface area contributed by atoms with Crippen molar-refractivity contribution in [2.45, 2.75) is 6.42 Å². The number of methoxy groups -OCH3 is 1. The topological polar surface area (TPSA) is 26.3 Å². The minimum absolute atomic E-state index is 0.00539. The SMILES string of the molecule is COC(=O)Cc1cc(F)cc(Cl)c1Br. The van der Waals surface area contributed by atoms with Crippen LogP contribution in [0.2, 0.25) is 5.02 Å². The van der Waals surface area contributed by atoms with Crippen LogP contribution < -0.4 is 0 Å². The van der Waals surface area contributed by atoms with Crippen molar-refractivity contribution in [2.75, 3.05) is 7.11 Å². The van der Waals surface area contributed by atoms with Crippen LogP contribution in [0.15, 0.2) is 16.6 Å². The first kappa shape index (κ1) is 11.5. The minimum Gasteiger partial charge on any atom is -0.469 e. The van der Waals surface area contributed by atoms with Gasteiger partial charge in [0, 0.05) is 4.47 Å². The van der Waals surface area contributed by atoms with E-state index in [1.807, 2.05) is 0 Å². The molecule has 14 heavy (non-hydrogen) atoms. The maximum absolute atomic E-state index is 12.9. The molecule has 0 saturated heterocycles. The van der Waals surface area contributed by atoms with E-state index in [4.69, 9.17) is 11.6 Å². The molecule has 0 radical (unpaired) electrons. The Balaban J connectivity index is 3.02. The highest BCUT2D eigenvalue weighted by Gasteiger charge is 2.11. The van der Waals surface area contributed by atoms with Crippen molar-refractivity contribution in [3.63, 3.8) is 0 Å². The fourth-order valence-electron chi connectivity index (χ4n) is 0.966. The van der Waals surface area contributed by atoms with E-state index in [1.54, 1.807) is 0 Å². The largest absolute Gasteiger partial charge is 0.469 e. The third-order valence-electron chi connectivity index (χ3n) is 1.63. The molecule has 0 N–H and O–H groups in total. The first-order chi connectivity index (χ1) is 6.54. The van der Waals surface area contributed by atoms with Gasteiger partial charge in [-0.1, -0.05) is 11.6 Å². The van der Waals surface area contributed by atoms with Crippen LogP contribution in [0.4, 0.5) is 4.39 Å². The van der Waals surface area contributed by atoms with E-state index in [1.165, 1.54) is 19.2 Å². The normalized spacial score (nSPS) is 10.0. The number of hydrogen-bond acceptors (Lipinski definition) is 2. The summed E-state index contributed by atoms with van der Waals surface area (Å²) in [6.07, 6.45) is -0.00539. The molecular weight excluding hydrogens is 274 g/mol. The molecule has 0 aromatic heterocycles. The molecule has 76 valence electrons. The summed E-state index contributed by atoms with van der Waals surface area (Å²) in [5.74, 6) is -0.913. The van der Waals surface area contributed by atoms with Crippen LogP contribution in [0.5, 0.6) is 0 Å². The molecule has 0 heterocycles. The summed E-state index contributed by atoms with van der Waals surface area (Å²) in [7, 11) is 1.27. The predicted molar refractivity (Wildman–Crippen MR) is 54.8 cm³/mol.